The van der Waals surface area contributed by atoms with E-state index in [0.29, 0.717) is 62.6 Å². The second-order valence-electron chi connectivity index (χ2n) is 20.1. The lowest BCUT2D eigenvalue weighted by Crippen LogP contribution is -2.27. The van der Waals surface area contributed by atoms with Crippen LogP contribution in [0.3, 0.4) is 0 Å². The van der Waals surface area contributed by atoms with Gasteiger partial charge >= 0.3 is 0 Å². The highest BCUT2D eigenvalue weighted by Crippen LogP contribution is 2.51. The van der Waals surface area contributed by atoms with Crippen molar-refractivity contribution in [2.45, 2.75) is 233 Å². The Kier molecular flexibility index (Phi) is 30.0. The number of carbonyl (C=O) groups excluding carboxylic acids is 2. The molecular weight excluding hydrogens is 913 g/mol. The lowest BCUT2D eigenvalue weighted by Gasteiger charge is -2.28. The summed E-state index contributed by atoms with van der Waals surface area (Å²) in [5.41, 5.74) is 0.613. The molecule has 3 aliphatic rings. The first kappa shape index (κ1) is 59.3. The van der Waals surface area contributed by atoms with Crippen LogP contribution in [-0.2, 0) is 18.9 Å². The molecule has 408 valence electrons. The molecule has 12 nitrogen and oxygen atoms in total. The third-order valence-electron chi connectivity index (χ3n) is 13.9. The van der Waals surface area contributed by atoms with Gasteiger partial charge in [-0.25, -0.2) is 0 Å². The maximum atomic E-state index is 15.5. The standard InChI is InChI=1S/C60H96O12/c1-5-9-13-17-21-27-35-63-49-45-47-53(59(57(49)69-39-29-23-19-15-11-7-3)71-43-41-67-51-33-25-31-37-65-51)56(62)48-46-50(64-36-28-22-18-14-10-6-2)58(70-40-30-24-20-16-12-8-4)60(54(48)55(47)61)72-44-42-68-52-34-26-32-38-66-52/h45-46,51-52H,5-44H2,1-4H3. The SMILES string of the molecule is CCCCCCCCOc1cc2c(c(OCCOC3CCCCO3)c1OCCCCCCCC)C(=O)c1cc(OCCCCCCCC)c(OCCCCCCCC)c(OCCOC3CCCCO3)c1C2=O. The summed E-state index contributed by atoms with van der Waals surface area (Å²) in [5, 5.41) is 0. The molecule has 0 amide bonds. The van der Waals surface area contributed by atoms with E-state index in [-0.39, 0.29) is 84.3 Å². The minimum absolute atomic E-state index is 0.103. The van der Waals surface area contributed by atoms with Gasteiger partial charge in [0, 0.05) is 24.3 Å². The number of hydrogen-bond donors (Lipinski definition) is 0. The van der Waals surface area contributed by atoms with E-state index in [0.717, 1.165) is 116 Å². The largest absolute Gasteiger partial charge is 0.490 e. The zero-order valence-corrected chi connectivity index (χ0v) is 45.5. The van der Waals surface area contributed by atoms with Crippen molar-refractivity contribution in [2.24, 2.45) is 0 Å². The normalized spacial score (nSPS) is 16.6. The van der Waals surface area contributed by atoms with E-state index < -0.39 is 0 Å². The molecule has 1 aliphatic carbocycles. The van der Waals surface area contributed by atoms with Crippen molar-refractivity contribution in [3.05, 3.63) is 34.4 Å². The number of rotatable bonds is 42. The number of fused-ring (bicyclic) bond motifs is 2. The van der Waals surface area contributed by atoms with Crippen molar-refractivity contribution >= 4 is 11.6 Å². The van der Waals surface area contributed by atoms with Crippen LogP contribution in [0.2, 0.25) is 0 Å². The van der Waals surface area contributed by atoms with Gasteiger partial charge in [0.05, 0.1) is 50.8 Å². The third kappa shape index (κ3) is 20.3. The van der Waals surface area contributed by atoms with Gasteiger partial charge in [0.25, 0.3) is 0 Å². The van der Waals surface area contributed by atoms with E-state index in [4.69, 9.17) is 47.4 Å². The topological polar surface area (TPSA) is 126 Å². The summed E-state index contributed by atoms with van der Waals surface area (Å²) in [6.45, 7) is 12.5. The lowest BCUT2D eigenvalue weighted by atomic mass is 9.82. The van der Waals surface area contributed by atoms with Crippen LogP contribution in [0.4, 0.5) is 0 Å². The van der Waals surface area contributed by atoms with Crippen molar-refractivity contribution in [2.75, 3.05) is 66.1 Å². The molecule has 2 aromatic rings. The van der Waals surface area contributed by atoms with Crippen molar-refractivity contribution in [1.29, 1.82) is 0 Å². The summed E-state index contributed by atoms with van der Waals surface area (Å²) in [5.74, 6) is 1.04. The van der Waals surface area contributed by atoms with Crippen molar-refractivity contribution in [3.63, 3.8) is 0 Å². The van der Waals surface area contributed by atoms with Crippen LogP contribution in [0.15, 0.2) is 12.1 Å². The first-order chi connectivity index (χ1) is 35.5. The summed E-state index contributed by atoms with van der Waals surface area (Å²) in [4.78, 5) is 31.0. The van der Waals surface area contributed by atoms with E-state index in [1.807, 2.05) is 0 Å². The Labute approximate surface area is 434 Å². The number of hydrogen-bond acceptors (Lipinski definition) is 12. The van der Waals surface area contributed by atoms with Crippen LogP contribution in [0, 0.1) is 0 Å². The zero-order chi connectivity index (χ0) is 50.9. The number of ketones is 2. The molecule has 2 fully saturated rings. The minimum Gasteiger partial charge on any atom is -0.490 e. The molecule has 2 atom stereocenters. The molecular formula is C60H96O12. The molecule has 2 aliphatic heterocycles. The molecule has 12 heteroatoms. The van der Waals surface area contributed by atoms with E-state index in [1.165, 1.54) is 77.0 Å². The van der Waals surface area contributed by atoms with E-state index in [9.17, 15) is 0 Å². The van der Waals surface area contributed by atoms with Crippen LogP contribution < -0.4 is 28.4 Å². The number of carbonyl (C=O) groups is 2. The quantitative estimate of drug-likeness (QED) is 0.0501. The van der Waals surface area contributed by atoms with Crippen molar-refractivity contribution in [3.8, 4) is 34.5 Å². The molecule has 2 heterocycles. The molecule has 0 bridgehead atoms. The summed E-state index contributed by atoms with van der Waals surface area (Å²) in [6, 6.07) is 3.39. The molecule has 2 unspecified atom stereocenters. The summed E-state index contributed by atoms with van der Waals surface area (Å²) in [6.07, 6.45) is 31.3. The average Bonchev–Trinajstić information content (AvgIpc) is 3.40. The van der Waals surface area contributed by atoms with Gasteiger partial charge in [-0.2, -0.15) is 0 Å². The Morgan fingerprint density at radius 1 is 0.375 bits per heavy atom. The monoisotopic (exact) mass is 1010 g/mol. The zero-order valence-electron chi connectivity index (χ0n) is 45.5. The highest BCUT2D eigenvalue weighted by Gasteiger charge is 2.41. The minimum atomic E-state index is -0.387. The predicted molar refractivity (Wildman–Crippen MR) is 285 cm³/mol. The highest BCUT2D eigenvalue weighted by molar-refractivity contribution is 6.31. The lowest BCUT2D eigenvalue weighted by molar-refractivity contribution is -0.165. The molecule has 0 aromatic heterocycles. The Balaban J connectivity index is 1.56. The van der Waals surface area contributed by atoms with E-state index >= 15 is 9.59 Å². The van der Waals surface area contributed by atoms with Gasteiger partial charge in [-0.15, -0.1) is 0 Å². The molecule has 0 spiro atoms. The average molecular weight is 1010 g/mol. The molecule has 0 radical (unpaired) electrons. The fourth-order valence-electron chi connectivity index (χ4n) is 9.65. The van der Waals surface area contributed by atoms with Gasteiger partial charge in [-0.1, -0.05) is 156 Å². The second kappa shape index (κ2) is 36.4. The fourth-order valence-corrected chi connectivity index (χ4v) is 9.65. The molecule has 72 heavy (non-hydrogen) atoms. The number of unbranched alkanes of at least 4 members (excludes halogenated alkanes) is 20. The van der Waals surface area contributed by atoms with Crippen molar-refractivity contribution < 1.29 is 57.0 Å². The maximum Gasteiger partial charge on any atom is 0.204 e. The third-order valence-corrected chi connectivity index (χ3v) is 13.9. The molecule has 0 saturated carbocycles. The van der Waals surface area contributed by atoms with E-state index in [1.54, 1.807) is 12.1 Å². The summed E-state index contributed by atoms with van der Waals surface area (Å²) >= 11 is 0. The molecule has 0 N–H and O–H groups in total. The summed E-state index contributed by atoms with van der Waals surface area (Å²) in [7, 11) is 0. The molecule has 2 saturated heterocycles. The fraction of sp³-hybridized carbons (Fsp3) is 0.767. The van der Waals surface area contributed by atoms with Gasteiger partial charge in [0.1, 0.15) is 13.2 Å². The Morgan fingerprint density at radius 3 is 1.03 bits per heavy atom. The van der Waals surface area contributed by atoms with Crippen LogP contribution in [0.25, 0.3) is 0 Å². The summed E-state index contributed by atoms with van der Waals surface area (Å²) < 4.78 is 63.8. The first-order valence-electron chi connectivity index (χ1n) is 29.3. The number of benzene rings is 2. The first-order valence-corrected chi connectivity index (χ1v) is 29.3. The van der Waals surface area contributed by atoms with Gasteiger partial charge in [-0.3, -0.25) is 9.59 Å². The van der Waals surface area contributed by atoms with Gasteiger partial charge in [0.2, 0.25) is 11.5 Å². The van der Waals surface area contributed by atoms with Crippen LogP contribution in [-0.4, -0.2) is 90.2 Å². The molecule has 5 rings (SSSR count). The number of ether oxygens (including phenoxy) is 10. The Morgan fingerprint density at radius 2 is 0.694 bits per heavy atom. The van der Waals surface area contributed by atoms with Gasteiger partial charge in [0.15, 0.2) is 47.1 Å². The van der Waals surface area contributed by atoms with Gasteiger partial charge in [-0.05, 0) is 76.3 Å². The Bertz CT molecular complexity index is 1670. The van der Waals surface area contributed by atoms with Crippen molar-refractivity contribution in [1.82, 2.24) is 0 Å². The molecule has 2 aromatic carbocycles. The highest BCUT2D eigenvalue weighted by atomic mass is 16.7. The van der Waals surface area contributed by atoms with Crippen LogP contribution >= 0.6 is 0 Å². The van der Waals surface area contributed by atoms with Gasteiger partial charge < -0.3 is 47.4 Å². The van der Waals surface area contributed by atoms with Crippen LogP contribution in [0.5, 0.6) is 34.5 Å². The predicted octanol–water partition coefficient (Wildman–Crippen LogP) is 15.3. The smallest absolute Gasteiger partial charge is 0.204 e. The van der Waals surface area contributed by atoms with E-state index in [2.05, 4.69) is 27.7 Å². The van der Waals surface area contributed by atoms with Crippen LogP contribution in [0.1, 0.15) is 252 Å². The second-order valence-corrected chi connectivity index (χ2v) is 20.1. The Hall–Kier alpha value is -3.58. The maximum absolute atomic E-state index is 15.5.